The van der Waals surface area contributed by atoms with Crippen LogP contribution in [-0.4, -0.2) is 58.2 Å². The second kappa shape index (κ2) is 13.1. The second-order valence-corrected chi connectivity index (χ2v) is 15.0. The molecule has 1 atom stereocenters. The number of nitrogens with zero attached hydrogens (tertiary/aromatic N) is 9. The van der Waals surface area contributed by atoms with Gasteiger partial charge in [0.25, 0.3) is 5.91 Å². The summed E-state index contributed by atoms with van der Waals surface area (Å²) in [7, 11) is 5.69. The smallest absolute Gasteiger partial charge is 0.275 e. The van der Waals surface area contributed by atoms with Gasteiger partial charge in [0.1, 0.15) is 11.4 Å². The van der Waals surface area contributed by atoms with Crippen molar-refractivity contribution < 1.29 is 9.53 Å². The van der Waals surface area contributed by atoms with Crippen LogP contribution in [-0.2, 0) is 27.6 Å². The topological polar surface area (TPSA) is 101 Å². The number of carbonyl (C=O) groups is 1. The second-order valence-electron chi connectivity index (χ2n) is 14.2. The number of aromatic nitrogens is 8. The summed E-state index contributed by atoms with van der Waals surface area (Å²) in [5, 5.41) is 20.8. The van der Waals surface area contributed by atoms with Gasteiger partial charge < -0.3 is 18.8 Å². The lowest BCUT2D eigenvalue weighted by Gasteiger charge is -2.34. The number of amides is 1. The van der Waals surface area contributed by atoms with Crippen LogP contribution in [0.1, 0.15) is 58.0 Å². The van der Waals surface area contributed by atoms with E-state index in [9.17, 15) is 0 Å². The number of ether oxygens (including phenoxy) is 1. The van der Waals surface area contributed by atoms with Crippen LogP contribution in [0.3, 0.4) is 0 Å². The fraction of sp³-hybridized carbons (Fsp3) is 0.325. The molecule has 0 saturated heterocycles. The number of tetrazole rings is 1. The first-order valence-corrected chi connectivity index (χ1v) is 18.5. The van der Waals surface area contributed by atoms with E-state index < -0.39 is 0 Å². The molecule has 13 heteroatoms. The van der Waals surface area contributed by atoms with Gasteiger partial charge in [0.15, 0.2) is 0 Å². The van der Waals surface area contributed by atoms with Crippen molar-refractivity contribution in [1.29, 1.82) is 0 Å². The van der Waals surface area contributed by atoms with Gasteiger partial charge >= 0.3 is 0 Å². The molecule has 1 aliphatic rings. The highest BCUT2D eigenvalue weighted by Crippen LogP contribution is 2.46. The molecule has 0 saturated carbocycles. The van der Waals surface area contributed by atoms with E-state index in [1.807, 2.05) is 87.0 Å². The molecule has 4 aromatic heterocycles. The first-order chi connectivity index (χ1) is 25.3. The van der Waals surface area contributed by atoms with Crippen LogP contribution in [0.5, 0.6) is 5.75 Å². The van der Waals surface area contributed by atoms with Crippen molar-refractivity contribution >= 4 is 56.6 Å². The minimum absolute atomic E-state index is 0.0589. The molecular weight excluding hydrogens is 709 g/mol. The molecule has 1 amide bonds. The Morgan fingerprint density at radius 1 is 0.925 bits per heavy atom. The predicted molar refractivity (Wildman–Crippen MR) is 210 cm³/mol. The van der Waals surface area contributed by atoms with Crippen LogP contribution < -0.4 is 9.64 Å². The standard InChI is InChI=1S/C40H41Cl2N9O2/c1-21-16-27(17-22(2)36(21)42)53-15-9-10-28-29-12-13-31(41)35(34-24(4)44-48(7)25(34)5)37(29)51-23(3)19-50(40(52)38(28)51)33-20-47(6)32-14-11-26(18-30(32)33)39-43-46-49(8)45-39/h11-14,16-18,20,23H,9-10,15,19H2,1-8H3/t23-/m1/s1. The maximum atomic E-state index is 15.2. The van der Waals surface area contributed by atoms with E-state index >= 15 is 4.79 Å². The van der Waals surface area contributed by atoms with Crippen molar-refractivity contribution in [2.45, 2.75) is 53.5 Å². The Balaban J connectivity index is 1.26. The number of halogens is 2. The summed E-state index contributed by atoms with van der Waals surface area (Å²) in [6.45, 7) is 11.2. The molecule has 1 aliphatic heterocycles. The van der Waals surface area contributed by atoms with E-state index in [4.69, 9.17) is 33.0 Å². The monoisotopic (exact) mass is 749 g/mol. The molecule has 7 aromatic rings. The zero-order chi connectivity index (χ0) is 37.5. The Morgan fingerprint density at radius 2 is 1.68 bits per heavy atom. The highest BCUT2D eigenvalue weighted by atomic mass is 35.5. The lowest BCUT2D eigenvalue weighted by molar-refractivity contribution is 0.0957. The van der Waals surface area contributed by atoms with Crippen molar-refractivity contribution in [3.63, 3.8) is 0 Å². The fourth-order valence-corrected chi connectivity index (χ4v) is 8.42. The fourth-order valence-electron chi connectivity index (χ4n) is 8.06. The van der Waals surface area contributed by atoms with Crippen molar-refractivity contribution in [2.75, 3.05) is 18.1 Å². The van der Waals surface area contributed by atoms with Crippen molar-refractivity contribution in [3.05, 3.63) is 92.5 Å². The summed E-state index contributed by atoms with van der Waals surface area (Å²) < 4.78 is 12.4. The minimum Gasteiger partial charge on any atom is -0.494 e. The van der Waals surface area contributed by atoms with Gasteiger partial charge in [-0.05, 0) is 106 Å². The number of hydrogen-bond acceptors (Lipinski definition) is 6. The van der Waals surface area contributed by atoms with Crippen LogP contribution in [0.2, 0.25) is 10.0 Å². The highest BCUT2D eigenvalue weighted by molar-refractivity contribution is 6.35. The predicted octanol–water partition coefficient (Wildman–Crippen LogP) is 8.50. The Bertz CT molecular complexity index is 2590. The van der Waals surface area contributed by atoms with Crippen molar-refractivity contribution in [2.24, 2.45) is 21.1 Å². The summed E-state index contributed by atoms with van der Waals surface area (Å²) in [5.41, 5.74) is 11.0. The maximum absolute atomic E-state index is 15.2. The molecule has 0 N–H and O–H groups in total. The molecule has 272 valence electrons. The molecule has 8 rings (SSSR count). The van der Waals surface area contributed by atoms with Crippen molar-refractivity contribution in [1.82, 2.24) is 39.1 Å². The Labute approximate surface area is 317 Å². The third-order valence-electron chi connectivity index (χ3n) is 10.6. The van der Waals surface area contributed by atoms with Crippen LogP contribution >= 0.6 is 23.2 Å². The van der Waals surface area contributed by atoms with E-state index in [1.165, 1.54) is 4.80 Å². The first-order valence-electron chi connectivity index (χ1n) is 17.7. The van der Waals surface area contributed by atoms with Gasteiger partial charge in [-0.15, -0.1) is 10.2 Å². The zero-order valence-corrected chi connectivity index (χ0v) is 32.6. The normalized spacial score (nSPS) is 14.6. The van der Waals surface area contributed by atoms with Gasteiger partial charge in [0.05, 0.1) is 35.6 Å². The van der Waals surface area contributed by atoms with E-state index in [1.54, 1.807) is 7.05 Å². The quantitative estimate of drug-likeness (QED) is 0.145. The Morgan fingerprint density at radius 3 is 2.36 bits per heavy atom. The van der Waals surface area contributed by atoms with E-state index in [0.29, 0.717) is 42.5 Å². The Hall–Kier alpha value is -5.13. The molecule has 0 aliphatic carbocycles. The maximum Gasteiger partial charge on any atom is 0.275 e. The summed E-state index contributed by atoms with van der Waals surface area (Å²) in [6, 6.07) is 14.0. The van der Waals surface area contributed by atoms with E-state index in [2.05, 4.69) is 44.5 Å². The van der Waals surface area contributed by atoms with Crippen LogP contribution in [0.4, 0.5) is 5.69 Å². The molecule has 0 bridgehead atoms. The summed E-state index contributed by atoms with van der Waals surface area (Å²) >= 11 is 13.5. The molecule has 3 aromatic carbocycles. The largest absolute Gasteiger partial charge is 0.494 e. The number of anilines is 1. The molecule has 53 heavy (non-hydrogen) atoms. The molecule has 0 unspecified atom stereocenters. The van der Waals surface area contributed by atoms with Crippen LogP contribution in [0.15, 0.2) is 48.7 Å². The van der Waals surface area contributed by atoms with Gasteiger partial charge in [0, 0.05) is 76.6 Å². The molecule has 0 fully saturated rings. The summed E-state index contributed by atoms with van der Waals surface area (Å²) in [5.74, 6) is 1.26. The SMILES string of the molecule is Cc1cc(OCCCc2c3n(c4c(-c5c(C)nn(C)c5C)c(Cl)ccc24)[C@H](C)CN(c2cn(C)c4ccc(-c5nnn(C)n5)cc24)C3=O)cc(C)c1Cl. The van der Waals surface area contributed by atoms with Gasteiger partial charge in [-0.2, -0.15) is 9.90 Å². The molecule has 0 spiro atoms. The molecule has 11 nitrogen and oxygen atoms in total. The number of benzene rings is 3. The lowest BCUT2D eigenvalue weighted by atomic mass is 9.98. The molecular formula is C40H41Cl2N9O2. The molecule has 5 heterocycles. The van der Waals surface area contributed by atoms with Gasteiger partial charge in [0.2, 0.25) is 5.82 Å². The van der Waals surface area contributed by atoms with Crippen molar-refractivity contribution in [3.8, 4) is 28.3 Å². The minimum atomic E-state index is -0.0789. The average Bonchev–Trinajstić information content (AvgIpc) is 3.86. The van der Waals surface area contributed by atoms with Gasteiger partial charge in [-0.25, -0.2) is 0 Å². The number of carbonyl (C=O) groups excluding carboxylic acids is 1. The zero-order valence-electron chi connectivity index (χ0n) is 31.1. The highest BCUT2D eigenvalue weighted by Gasteiger charge is 2.37. The van der Waals surface area contributed by atoms with E-state index in [0.717, 1.165) is 83.0 Å². The summed E-state index contributed by atoms with van der Waals surface area (Å²) in [4.78, 5) is 18.5. The lowest BCUT2D eigenvalue weighted by Crippen LogP contribution is -2.42. The van der Waals surface area contributed by atoms with E-state index in [-0.39, 0.29) is 11.9 Å². The van der Waals surface area contributed by atoms with Crippen LogP contribution in [0, 0.1) is 27.7 Å². The average molecular weight is 751 g/mol. The van der Waals surface area contributed by atoms with Gasteiger partial charge in [-0.3, -0.25) is 9.48 Å². The number of rotatable bonds is 8. The number of fused-ring (bicyclic) bond motifs is 4. The summed E-state index contributed by atoms with van der Waals surface area (Å²) in [6.07, 6.45) is 3.36. The number of aryl methyl sites for hydroxylation is 7. The van der Waals surface area contributed by atoms with Gasteiger partial charge in [-0.1, -0.05) is 29.3 Å². The first kappa shape index (κ1) is 34.9. The Kier molecular flexibility index (Phi) is 8.61. The number of hydrogen-bond donors (Lipinski definition) is 0. The van der Waals surface area contributed by atoms with Crippen LogP contribution in [0.25, 0.3) is 44.3 Å². The third kappa shape index (κ3) is 5.68. The third-order valence-corrected chi connectivity index (χ3v) is 11.5. The molecule has 0 radical (unpaired) electrons.